The molecule has 0 unspecified atom stereocenters. The lowest BCUT2D eigenvalue weighted by Crippen LogP contribution is -1.86. The van der Waals surface area contributed by atoms with Crippen molar-refractivity contribution < 1.29 is 18.6 Å². The summed E-state index contributed by atoms with van der Waals surface area (Å²) in [7, 11) is 5.00. The Morgan fingerprint density at radius 1 is 0.500 bits per heavy atom. The largest absolute Gasteiger partial charge is 0.497 e. The Bertz CT molecular complexity index is 1120. The number of furan rings is 1. The molecule has 0 spiro atoms. The van der Waals surface area contributed by atoms with E-state index in [1.165, 1.54) is 0 Å². The number of ether oxygens (including phenoxy) is 3. The first-order chi connectivity index (χ1) is 14.6. The van der Waals surface area contributed by atoms with E-state index in [0.717, 1.165) is 56.6 Å². The van der Waals surface area contributed by atoms with Gasteiger partial charge in [0, 0.05) is 22.3 Å². The molecule has 0 aliphatic rings. The number of hydrogen-bond acceptors (Lipinski definition) is 4. The Morgan fingerprint density at radius 3 is 1.27 bits per heavy atom. The summed E-state index contributed by atoms with van der Waals surface area (Å²) in [5.74, 6) is 4.11. The van der Waals surface area contributed by atoms with Crippen LogP contribution in [-0.2, 0) is 0 Å². The quantitative estimate of drug-likeness (QED) is 0.365. The molecule has 0 aliphatic heterocycles. The molecule has 4 rings (SSSR count). The van der Waals surface area contributed by atoms with E-state index < -0.39 is 0 Å². The van der Waals surface area contributed by atoms with Crippen LogP contribution in [-0.4, -0.2) is 21.3 Å². The van der Waals surface area contributed by atoms with Gasteiger partial charge in [-0.05, 0) is 73.2 Å². The Hall–Kier alpha value is -3.66. The van der Waals surface area contributed by atoms with Crippen LogP contribution >= 0.6 is 0 Å². The molecule has 30 heavy (non-hydrogen) atoms. The third-order valence-electron chi connectivity index (χ3n) is 5.23. The van der Waals surface area contributed by atoms with E-state index in [9.17, 15) is 0 Å². The predicted octanol–water partition coefficient (Wildman–Crippen LogP) is 6.61. The summed E-state index contributed by atoms with van der Waals surface area (Å²) in [6.07, 6.45) is 0. The van der Waals surface area contributed by atoms with Crippen molar-refractivity contribution in [2.24, 2.45) is 0 Å². The summed E-state index contributed by atoms with van der Waals surface area (Å²) in [4.78, 5) is 0. The fourth-order valence-electron chi connectivity index (χ4n) is 3.58. The van der Waals surface area contributed by atoms with Crippen molar-refractivity contribution in [3.63, 3.8) is 0 Å². The van der Waals surface area contributed by atoms with Gasteiger partial charge in [-0.15, -0.1) is 0 Å². The molecule has 0 amide bonds. The molecule has 4 heteroatoms. The van der Waals surface area contributed by atoms with Gasteiger partial charge in [-0.2, -0.15) is 0 Å². The van der Waals surface area contributed by atoms with Crippen LogP contribution in [0.1, 0.15) is 5.56 Å². The zero-order valence-corrected chi connectivity index (χ0v) is 17.6. The van der Waals surface area contributed by atoms with Gasteiger partial charge < -0.3 is 18.6 Å². The second kappa shape index (κ2) is 8.37. The van der Waals surface area contributed by atoms with Crippen LogP contribution in [0, 0.1) is 6.92 Å². The summed E-state index contributed by atoms with van der Waals surface area (Å²) >= 11 is 0. The Kier molecular flexibility index (Phi) is 5.48. The molecule has 4 aromatic rings. The molecule has 0 saturated heterocycles. The summed E-state index contributed by atoms with van der Waals surface area (Å²) < 4.78 is 22.4. The van der Waals surface area contributed by atoms with E-state index in [-0.39, 0.29) is 0 Å². The van der Waals surface area contributed by atoms with E-state index in [4.69, 9.17) is 18.6 Å². The minimum Gasteiger partial charge on any atom is -0.497 e. The summed E-state index contributed by atoms with van der Waals surface area (Å²) in [5, 5.41) is 0. The second-order valence-electron chi connectivity index (χ2n) is 6.95. The topological polar surface area (TPSA) is 40.8 Å². The fourth-order valence-corrected chi connectivity index (χ4v) is 3.58. The SMILES string of the molecule is COc1ccc(-c2oc(-c3ccc(OC)cc3)c(-c3ccc(OC)cc3)c2C)cc1. The van der Waals surface area contributed by atoms with E-state index >= 15 is 0 Å². The minimum atomic E-state index is 0.809. The zero-order valence-electron chi connectivity index (χ0n) is 17.6. The highest BCUT2D eigenvalue weighted by Crippen LogP contribution is 2.43. The van der Waals surface area contributed by atoms with Gasteiger partial charge in [0.1, 0.15) is 28.8 Å². The average Bonchev–Trinajstić information content (AvgIpc) is 3.16. The second-order valence-corrected chi connectivity index (χ2v) is 6.95. The van der Waals surface area contributed by atoms with E-state index in [2.05, 4.69) is 19.1 Å². The fraction of sp³-hybridized carbons (Fsp3) is 0.154. The molecule has 1 heterocycles. The van der Waals surface area contributed by atoms with E-state index in [1.54, 1.807) is 21.3 Å². The maximum absolute atomic E-state index is 6.46. The van der Waals surface area contributed by atoms with Gasteiger partial charge in [-0.3, -0.25) is 0 Å². The molecule has 1 aromatic heterocycles. The van der Waals surface area contributed by atoms with Crippen molar-refractivity contribution in [3.8, 4) is 51.0 Å². The van der Waals surface area contributed by atoms with Gasteiger partial charge in [0.05, 0.1) is 21.3 Å². The number of rotatable bonds is 6. The van der Waals surface area contributed by atoms with Gasteiger partial charge in [0.15, 0.2) is 0 Å². The predicted molar refractivity (Wildman–Crippen MR) is 119 cm³/mol. The average molecular weight is 400 g/mol. The maximum Gasteiger partial charge on any atom is 0.142 e. The number of hydrogen-bond donors (Lipinski definition) is 0. The maximum atomic E-state index is 6.46. The van der Waals surface area contributed by atoms with Gasteiger partial charge in [-0.25, -0.2) is 0 Å². The van der Waals surface area contributed by atoms with Crippen LogP contribution in [0.3, 0.4) is 0 Å². The first-order valence-electron chi connectivity index (χ1n) is 9.71. The minimum absolute atomic E-state index is 0.809. The third-order valence-corrected chi connectivity index (χ3v) is 5.23. The van der Waals surface area contributed by atoms with Crippen molar-refractivity contribution in [1.82, 2.24) is 0 Å². The summed E-state index contributed by atoms with van der Waals surface area (Å²) in [6, 6.07) is 23.9. The highest BCUT2D eigenvalue weighted by atomic mass is 16.5. The van der Waals surface area contributed by atoms with Gasteiger partial charge in [0.25, 0.3) is 0 Å². The standard InChI is InChI=1S/C26H24O4/c1-17-24(18-5-11-21(27-2)12-6-18)26(20-9-15-23(29-4)16-10-20)30-25(17)19-7-13-22(28-3)14-8-19/h5-16H,1-4H3. The van der Waals surface area contributed by atoms with E-state index in [1.807, 2.05) is 60.7 Å². The van der Waals surface area contributed by atoms with Crippen molar-refractivity contribution >= 4 is 0 Å². The monoisotopic (exact) mass is 400 g/mol. The molecule has 152 valence electrons. The van der Waals surface area contributed by atoms with Crippen LogP contribution in [0.15, 0.2) is 77.2 Å². The van der Waals surface area contributed by atoms with Gasteiger partial charge >= 0.3 is 0 Å². The molecule has 0 radical (unpaired) electrons. The zero-order chi connectivity index (χ0) is 21.1. The first-order valence-corrected chi connectivity index (χ1v) is 9.71. The van der Waals surface area contributed by atoms with Gasteiger partial charge in [0.2, 0.25) is 0 Å². The van der Waals surface area contributed by atoms with Crippen LogP contribution < -0.4 is 14.2 Å². The normalized spacial score (nSPS) is 10.7. The highest BCUT2D eigenvalue weighted by molar-refractivity contribution is 5.87. The Labute approximate surface area is 176 Å². The number of methoxy groups -OCH3 is 3. The lowest BCUT2D eigenvalue weighted by Gasteiger charge is -2.07. The van der Waals surface area contributed by atoms with Gasteiger partial charge in [-0.1, -0.05) is 12.1 Å². The van der Waals surface area contributed by atoms with Crippen LogP contribution in [0.5, 0.6) is 17.2 Å². The van der Waals surface area contributed by atoms with Crippen molar-refractivity contribution in [3.05, 3.63) is 78.4 Å². The molecular formula is C26H24O4. The van der Waals surface area contributed by atoms with Crippen molar-refractivity contribution in [1.29, 1.82) is 0 Å². The number of benzene rings is 3. The van der Waals surface area contributed by atoms with Crippen LogP contribution in [0.2, 0.25) is 0 Å². The highest BCUT2D eigenvalue weighted by Gasteiger charge is 2.21. The Balaban J connectivity index is 1.89. The van der Waals surface area contributed by atoms with Crippen LogP contribution in [0.4, 0.5) is 0 Å². The molecule has 0 atom stereocenters. The molecule has 0 aliphatic carbocycles. The third kappa shape index (κ3) is 3.64. The lowest BCUT2D eigenvalue weighted by molar-refractivity contribution is 0.414. The smallest absolute Gasteiger partial charge is 0.142 e. The van der Waals surface area contributed by atoms with E-state index in [0.29, 0.717) is 0 Å². The molecule has 0 N–H and O–H groups in total. The molecular weight excluding hydrogens is 376 g/mol. The van der Waals surface area contributed by atoms with Crippen molar-refractivity contribution in [2.75, 3.05) is 21.3 Å². The lowest BCUT2D eigenvalue weighted by atomic mass is 9.96. The summed E-state index contributed by atoms with van der Waals surface area (Å²) in [5.41, 5.74) is 5.21. The first kappa shape index (κ1) is 19.6. The van der Waals surface area contributed by atoms with Crippen molar-refractivity contribution in [2.45, 2.75) is 6.92 Å². The molecule has 4 nitrogen and oxygen atoms in total. The van der Waals surface area contributed by atoms with Crippen LogP contribution in [0.25, 0.3) is 33.8 Å². The molecule has 0 fully saturated rings. The molecule has 0 bridgehead atoms. The summed E-state index contributed by atoms with van der Waals surface area (Å²) in [6.45, 7) is 2.09. The molecule has 3 aromatic carbocycles. The Morgan fingerprint density at radius 2 is 0.867 bits per heavy atom. The molecule has 0 saturated carbocycles.